The SMILES string of the molecule is Cc1cc(C(=O)N2C[C@@H](N)[C@H](c3ccccc3)C2)c2[nH]ncc2c1.Cl. The molecule has 0 radical (unpaired) electrons. The first-order valence-corrected chi connectivity index (χ1v) is 8.17. The highest BCUT2D eigenvalue weighted by Gasteiger charge is 2.34. The lowest BCUT2D eigenvalue weighted by atomic mass is 9.95. The number of aryl methyl sites for hydroxylation is 1. The molecule has 1 aliphatic heterocycles. The van der Waals surface area contributed by atoms with Crippen LogP contribution >= 0.6 is 12.4 Å². The zero-order valence-corrected chi connectivity index (χ0v) is 14.8. The van der Waals surface area contributed by atoms with Gasteiger partial charge in [-0.25, -0.2) is 0 Å². The first-order valence-electron chi connectivity index (χ1n) is 8.17. The van der Waals surface area contributed by atoms with Crippen LogP contribution in [-0.4, -0.2) is 40.1 Å². The van der Waals surface area contributed by atoms with E-state index in [1.54, 1.807) is 6.20 Å². The Labute approximate surface area is 152 Å². The van der Waals surface area contributed by atoms with E-state index >= 15 is 0 Å². The maximum absolute atomic E-state index is 13.1. The predicted molar refractivity (Wildman–Crippen MR) is 101 cm³/mol. The van der Waals surface area contributed by atoms with Crippen molar-refractivity contribution in [1.82, 2.24) is 15.1 Å². The number of halogens is 1. The molecule has 1 aromatic heterocycles. The maximum Gasteiger partial charge on any atom is 0.256 e. The van der Waals surface area contributed by atoms with Crippen molar-refractivity contribution in [3.8, 4) is 0 Å². The van der Waals surface area contributed by atoms with Crippen molar-refractivity contribution < 1.29 is 4.79 Å². The molecule has 0 aliphatic carbocycles. The summed E-state index contributed by atoms with van der Waals surface area (Å²) in [4.78, 5) is 14.9. The van der Waals surface area contributed by atoms with Crippen LogP contribution in [0.3, 0.4) is 0 Å². The lowest BCUT2D eigenvalue weighted by Crippen LogP contribution is -2.32. The minimum atomic E-state index is -0.0431. The van der Waals surface area contributed by atoms with E-state index in [0.29, 0.717) is 18.7 Å². The fourth-order valence-corrected chi connectivity index (χ4v) is 3.59. The molecule has 1 aliphatic rings. The summed E-state index contributed by atoms with van der Waals surface area (Å²) in [7, 11) is 0. The number of hydrogen-bond acceptors (Lipinski definition) is 3. The number of carbonyl (C=O) groups excluding carboxylic acids is 1. The van der Waals surface area contributed by atoms with Gasteiger partial charge in [0.1, 0.15) is 0 Å². The van der Waals surface area contributed by atoms with Gasteiger partial charge in [0.15, 0.2) is 0 Å². The fourth-order valence-electron chi connectivity index (χ4n) is 3.59. The molecule has 1 amide bonds. The number of nitrogens with zero attached hydrogens (tertiary/aromatic N) is 2. The molecule has 0 bridgehead atoms. The van der Waals surface area contributed by atoms with Gasteiger partial charge < -0.3 is 10.6 Å². The van der Waals surface area contributed by atoms with Crippen LogP contribution in [0.2, 0.25) is 0 Å². The van der Waals surface area contributed by atoms with Crippen LogP contribution in [0.4, 0.5) is 0 Å². The number of nitrogens with two attached hydrogens (primary N) is 1. The van der Waals surface area contributed by atoms with E-state index in [4.69, 9.17) is 5.73 Å². The van der Waals surface area contributed by atoms with Gasteiger partial charge in [-0.3, -0.25) is 9.89 Å². The molecule has 0 saturated carbocycles. The van der Waals surface area contributed by atoms with E-state index in [-0.39, 0.29) is 30.3 Å². The van der Waals surface area contributed by atoms with Crippen LogP contribution in [-0.2, 0) is 0 Å². The van der Waals surface area contributed by atoms with E-state index in [1.807, 2.05) is 42.2 Å². The van der Waals surface area contributed by atoms with Crippen LogP contribution in [0.15, 0.2) is 48.7 Å². The highest BCUT2D eigenvalue weighted by molar-refractivity contribution is 6.05. The van der Waals surface area contributed by atoms with Crippen LogP contribution in [0, 0.1) is 6.92 Å². The standard InChI is InChI=1S/C19H20N4O.ClH/c1-12-7-14-9-21-22-18(14)15(8-12)19(24)23-10-16(17(20)11-23)13-5-3-2-4-6-13;/h2-9,16-17H,10-11,20H2,1H3,(H,21,22);1H/t16-,17+;/m0./s1. The van der Waals surface area contributed by atoms with Crippen LogP contribution in [0.25, 0.3) is 10.9 Å². The predicted octanol–water partition coefficient (Wildman–Crippen LogP) is 2.86. The molecule has 2 heterocycles. The number of benzene rings is 2. The van der Waals surface area contributed by atoms with Crippen molar-refractivity contribution in [2.24, 2.45) is 5.73 Å². The van der Waals surface area contributed by atoms with Crippen molar-refractivity contribution in [1.29, 1.82) is 0 Å². The number of aromatic amines is 1. The summed E-state index contributed by atoms with van der Waals surface area (Å²) in [5.74, 6) is 0.194. The first-order chi connectivity index (χ1) is 11.6. The molecule has 6 heteroatoms. The fraction of sp³-hybridized carbons (Fsp3) is 0.263. The number of aromatic nitrogens is 2. The number of hydrogen-bond donors (Lipinski definition) is 2. The Morgan fingerprint density at radius 1 is 1.24 bits per heavy atom. The molecule has 25 heavy (non-hydrogen) atoms. The zero-order valence-electron chi connectivity index (χ0n) is 14.0. The van der Waals surface area contributed by atoms with Gasteiger partial charge in [-0.05, 0) is 30.2 Å². The lowest BCUT2D eigenvalue weighted by Gasteiger charge is -2.17. The van der Waals surface area contributed by atoms with E-state index < -0.39 is 0 Å². The monoisotopic (exact) mass is 356 g/mol. The summed E-state index contributed by atoms with van der Waals surface area (Å²) in [6, 6.07) is 14.1. The molecule has 1 fully saturated rings. The second-order valence-corrected chi connectivity index (χ2v) is 6.54. The summed E-state index contributed by atoms with van der Waals surface area (Å²) in [6.07, 6.45) is 1.75. The molecule has 3 N–H and O–H groups in total. The second kappa shape index (κ2) is 6.86. The van der Waals surface area contributed by atoms with Gasteiger partial charge in [0.05, 0.1) is 17.3 Å². The van der Waals surface area contributed by atoms with Gasteiger partial charge in [-0.1, -0.05) is 30.3 Å². The maximum atomic E-state index is 13.1. The van der Waals surface area contributed by atoms with Gasteiger partial charge in [0.2, 0.25) is 0 Å². The molecule has 130 valence electrons. The molecular weight excluding hydrogens is 336 g/mol. The van der Waals surface area contributed by atoms with Crippen molar-refractivity contribution in [2.45, 2.75) is 18.9 Å². The van der Waals surface area contributed by atoms with Crippen molar-refractivity contribution in [3.63, 3.8) is 0 Å². The summed E-state index contributed by atoms with van der Waals surface area (Å²) >= 11 is 0. The van der Waals surface area contributed by atoms with Crippen LogP contribution in [0.5, 0.6) is 0 Å². The molecule has 3 aromatic rings. The molecule has 2 atom stereocenters. The molecule has 0 unspecified atom stereocenters. The van der Waals surface area contributed by atoms with Gasteiger partial charge in [0, 0.05) is 30.4 Å². The number of likely N-dealkylation sites (tertiary alicyclic amines) is 1. The van der Waals surface area contributed by atoms with Gasteiger partial charge in [-0.15, -0.1) is 12.4 Å². The van der Waals surface area contributed by atoms with E-state index in [9.17, 15) is 4.79 Å². The van der Waals surface area contributed by atoms with Gasteiger partial charge in [-0.2, -0.15) is 5.10 Å². The summed E-state index contributed by atoms with van der Waals surface area (Å²) in [6.45, 7) is 3.21. The average molecular weight is 357 g/mol. The Hall–Kier alpha value is -2.37. The number of fused-ring (bicyclic) bond motifs is 1. The van der Waals surface area contributed by atoms with Gasteiger partial charge >= 0.3 is 0 Å². The Bertz CT molecular complexity index is 893. The molecular formula is C19H21ClN4O. The van der Waals surface area contributed by atoms with Crippen LogP contribution in [0.1, 0.15) is 27.4 Å². The molecule has 2 aromatic carbocycles. The van der Waals surface area contributed by atoms with Crippen LogP contribution < -0.4 is 5.73 Å². The highest BCUT2D eigenvalue weighted by atomic mass is 35.5. The molecule has 5 nitrogen and oxygen atoms in total. The third-order valence-electron chi connectivity index (χ3n) is 4.80. The van der Waals surface area contributed by atoms with Crippen molar-refractivity contribution in [3.05, 3.63) is 65.4 Å². The lowest BCUT2D eigenvalue weighted by molar-refractivity contribution is 0.0791. The molecule has 4 rings (SSSR count). The number of amides is 1. The molecule has 0 spiro atoms. The number of rotatable bonds is 2. The van der Waals surface area contributed by atoms with E-state index in [2.05, 4.69) is 22.3 Å². The topological polar surface area (TPSA) is 75.0 Å². The molecule has 1 saturated heterocycles. The van der Waals surface area contributed by atoms with E-state index in [1.165, 1.54) is 5.56 Å². The van der Waals surface area contributed by atoms with Crippen molar-refractivity contribution in [2.75, 3.05) is 13.1 Å². The first kappa shape index (κ1) is 17.5. The third-order valence-corrected chi connectivity index (χ3v) is 4.80. The Kier molecular flexibility index (Phi) is 4.79. The van der Waals surface area contributed by atoms with Gasteiger partial charge in [0.25, 0.3) is 5.91 Å². The van der Waals surface area contributed by atoms with Crippen molar-refractivity contribution >= 4 is 29.2 Å². The quantitative estimate of drug-likeness (QED) is 0.741. The summed E-state index contributed by atoms with van der Waals surface area (Å²) in [5.41, 5.74) is 10.0. The number of nitrogens with one attached hydrogen (secondary N) is 1. The largest absolute Gasteiger partial charge is 0.336 e. The number of H-pyrrole nitrogens is 1. The third kappa shape index (κ3) is 3.13. The Morgan fingerprint density at radius 2 is 2.00 bits per heavy atom. The minimum absolute atomic E-state index is 0. The normalized spacial score (nSPS) is 19.8. The highest BCUT2D eigenvalue weighted by Crippen LogP contribution is 2.29. The number of carbonyl (C=O) groups is 1. The minimum Gasteiger partial charge on any atom is -0.336 e. The smallest absolute Gasteiger partial charge is 0.256 e. The Balaban J connectivity index is 0.00000182. The zero-order chi connectivity index (χ0) is 16.7. The Morgan fingerprint density at radius 3 is 2.76 bits per heavy atom. The second-order valence-electron chi connectivity index (χ2n) is 6.54. The summed E-state index contributed by atoms with van der Waals surface area (Å²) < 4.78 is 0. The average Bonchev–Trinajstić information content (AvgIpc) is 3.20. The summed E-state index contributed by atoms with van der Waals surface area (Å²) in [5, 5.41) is 7.97. The van der Waals surface area contributed by atoms with E-state index in [0.717, 1.165) is 16.5 Å².